The van der Waals surface area contributed by atoms with Gasteiger partial charge in [0.25, 0.3) is 0 Å². The van der Waals surface area contributed by atoms with Gasteiger partial charge in [0.2, 0.25) is 5.43 Å². The van der Waals surface area contributed by atoms with Crippen molar-refractivity contribution >= 4 is 41.0 Å². The standard InChI is InChI=1S/C57H87N3O19/c1-17-43-57(11)49(78-54(66)79-57)35(6)59(14)29-31(2)27-55(9,67)48(77-53-47(74-37(8)61)42(58(12)13)25-32(3)72-53)33(4)46(34(5)52(65)75-43)76-44-28-56(10,68-15)50(36(7)73-44)71-24-23-70-22-18-19-38-20-21-41-39(26-38)45(62)40(51(63)64)30-60(41)69-16/h18-21,26,30-36,42-44,46-50,53,67H,17,22-25,27-29H2,1-16H3,(H,63,64)/b19-18+/t31-,32-,33+,34-,35-,36+,42+,43-,44+,46+,47-,48-,49-,50+,53+,55-,56-,57-/m1/s1. The number of aromatic nitrogens is 1. The molecule has 79 heavy (non-hydrogen) atoms. The molecule has 4 aliphatic heterocycles. The van der Waals surface area contributed by atoms with Crippen molar-refractivity contribution in [3.05, 3.63) is 51.8 Å². The highest BCUT2D eigenvalue weighted by molar-refractivity contribution is 5.93. The topological polar surface area (TPSA) is 248 Å². The molecule has 0 amide bonds. The molecule has 22 heteroatoms. The van der Waals surface area contributed by atoms with Gasteiger partial charge in [-0.05, 0) is 112 Å². The third-order valence-electron chi connectivity index (χ3n) is 16.4. The zero-order valence-corrected chi connectivity index (χ0v) is 49.0. The van der Waals surface area contributed by atoms with Crippen LogP contribution < -0.4 is 10.3 Å². The second kappa shape index (κ2) is 26.4. The van der Waals surface area contributed by atoms with E-state index in [1.54, 1.807) is 58.2 Å². The Labute approximate surface area is 464 Å². The van der Waals surface area contributed by atoms with Crippen molar-refractivity contribution in [2.45, 2.75) is 192 Å². The Hall–Kier alpha value is -4.75. The fourth-order valence-electron chi connectivity index (χ4n) is 12.2. The van der Waals surface area contributed by atoms with Crippen molar-refractivity contribution in [2.75, 3.05) is 61.7 Å². The van der Waals surface area contributed by atoms with Gasteiger partial charge in [-0.1, -0.05) is 39.0 Å². The number of nitrogens with zero attached hydrogens (tertiary/aromatic N) is 3. The molecule has 22 nitrogen and oxygen atoms in total. The Morgan fingerprint density at radius 2 is 1.65 bits per heavy atom. The number of aromatic carboxylic acids is 1. The smallest absolute Gasteiger partial charge is 0.477 e. The monoisotopic (exact) mass is 1120 g/mol. The zero-order valence-electron chi connectivity index (χ0n) is 49.0. The summed E-state index contributed by atoms with van der Waals surface area (Å²) in [5, 5.41) is 22.7. The van der Waals surface area contributed by atoms with E-state index < -0.39 is 125 Å². The average Bonchev–Trinajstić information content (AvgIpc) is 3.73. The largest absolute Gasteiger partial charge is 0.509 e. The van der Waals surface area contributed by atoms with Gasteiger partial charge in [0.05, 0.1) is 84.5 Å². The number of benzene rings is 1. The van der Waals surface area contributed by atoms with Crippen molar-refractivity contribution in [2.24, 2.45) is 17.8 Å². The number of esters is 2. The predicted octanol–water partition coefficient (Wildman–Crippen LogP) is 5.48. The summed E-state index contributed by atoms with van der Waals surface area (Å²) in [4.78, 5) is 74.5. The highest BCUT2D eigenvalue weighted by atomic mass is 16.8. The van der Waals surface area contributed by atoms with Crippen LogP contribution in [-0.4, -0.2) is 201 Å². The molecule has 0 aliphatic carbocycles. The molecule has 1 aromatic heterocycles. The lowest BCUT2D eigenvalue weighted by atomic mass is 9.77. The zero-order chi connectivity index (χ0) is 58.5. The molecule has 2 N–H and O–H groups in total. The summed E-state index contributed by atoms with van der Waals surface area (Å²) >= 11 is 0. The fourth-order valence-corrected chi connectivity index (χ4v) is 12.2. The maximum Gasteiger partial charge on any atom is 0.509 e. The molecule has 1 aromatic carbocycles. The van der Waals surface area contributed by atoms with Crippen molar-refractivity contribution in [1.82, 2.24) is 14.5 Å². The summed E-state index contributed by atoms with van der Waals surface area (Å²) in [6.45, 7) is 20.7. The summed E-state index contributed by atoms with van der Waals surface area (Å²) < 4.78 is 71.1. The van der Waals surface area contributed by atoms with Crippen molar-refractivity contribution in [3.8, 4) is 0 Å². The maximum absolute atomic E-state index is 14.9. The third-order valence-corrected chi connectivity index (χ3v) is 16.4. The lowest BCUT2D eigenvalue weighted by molar-refractivity contribution is -0.321. The summed E-state index contributed by atoms with van der Waals surface area (Å²) in [6.07, 6.45) is -3.63. The lowest BCUT2D eigenvalue weighted by Crippen LogP contribution is -2.61. The molecule has 18 atom stereocenters. The van der Waals surface area contributed by atoms with Crippen LogP contribution >= 0.6 is 0 Å². The minimum absolute atomic E-state index is 0.137. The SMILES string of the molecule is CC[C@H]1OC(=O)[C@H](C)[C@@H](O[C@H]2C[C@@](C)(OC)[C@@H](OCCOC/C=C/c3ccc4c(c3)c(=O)c(C(=O)O)cn4OC)[C@H](C)O2)[C@H](C)[C@@H](O[C@@H]2O[C@H](C)C[C@H](N(C)C)[C@H]2OC(C)=O)[C@](C)(O)C[C@@H](C)CN(C)[C@H](C)[C@H]2OC(=O)O[C@@]21C. The van der Waals surface area contributed by atoms with E-state index in [2.05, 4.69) is 0 Å². The Morgan fingerprint density at radius 1 is 0.937 bits per heavy atom. The summed E-state index contributed by atoms with van der Waals surface area (Å²) in [5.74, 6) is -4.63. The number of aliphatic hydroxyl groups is 1. The number of hydrogen-bond donors (Lipinski definition) is 2. The molecule has 0 radical (unpaired) electrons. The third kappa shape index (κ3) is 14.5. The normalized spacial score (nSPS) is 37.2. The van der Waals surface area contributed by atoms with Gasteiger partial charge in [-0.2, -0.15) is 4.73 Å². The van der Waals surface area contributed by atoms with Crippen molar-refractivity contribution < 1.29 is 86.3 Å². The van der Waals surface area contributed by atoms with Gasteiger partial charge in [-0.3, -0.25) is 19.3 Å². The number of pyridine rings is 1. The van der Waals surface area contributed by atoms with Crippen LogP contribution in [0.25, 0.3) is 17.0 Å². The van der Waals surface area contributed by atoms with Gasteiger partial charge >= 0.3 is 24.1 Å². The number of carboxylic acid groups (broad SMARTS) is 1. The number of methoxy groups -OCH3 is 1. The fraction of sp³-hybridized carbons (Fsp3) is 0.737. The minimum atomic E-state index is -1.64. The number of likely N-dealkylation sites (N-methyl/N-ethyl adjacent to an activating group) is 2. The van der Waals surface area contributed by atoms with Crippen LogP contribution in [0.1, 0.15) is 118 Å². The Balaban J connectivity index is 1.25. The molecule has 0 spiro atoms. The number of carbonyl (C=O) groups is 4. The van der Waals surface area contributed by atoms with Gasteiger partial charge in [0.1, 0.15) is 24.9 Å². The molecule has 4 aliphatic rings. The van der Waals surface area contributed by atoms with Gasteiger partial charge in [0.15, 0.2) is 30.4 Å². The van der Waals surface area contributed by atoms with Crippen LogP contribution in [0.5, 0.6) is 0 Å². The highest BCUT2D eigenvalue weighted by Crippen LogP contribution is 2.43. The van der Waals surface area contributed by atoms with Crippen LogP contribution in [0.2, 0.25) is 0 Å². The van der Waals surface area contributed by atoms with E-state index in [1.807, 2.05) is 79.4 Å². The minimum Gasteiger partial charge on any atom is -0.477 e. The van der Waals surface area contributed by atoms with Crippen LogP contribution in [0.15, 0.2) is 35.3 Å². The lowest BCUT2D eigenvalue weighted by Gasteiger charge is -2.49. The first-order valence-corrected chi connectivity index (χ1v) is 27.5. The van der Waals surface area contributed by atoms with Gasteiger partial charge in [-0.25, -0.2) is 9.59 Å². The van der Waals surface area contributed by atoms with Crippen molar-refractivity contribution in [1.29, 1.82) is 0 Å². The number of fused-ring (bicyclic) bond motifs is 2. The summed E-state index contributed by atoms with van der Waals surface area (Å²) in [5.41, 5.74) is -3.97. The van der Waals surface area contributed by atoms with Crippen LogP contribution in [0.4, 0.5) is 4.79 Å². The van der Waals surface area contributed by atoms with Gasteiger partial charge < -0.3 is 72.1 Å². The van der Waals surface area contributed by atoms with E-state index in [-0.39, 0.29) is 62.5 Å². The van der Waals surface area contributed by atoms with E-state index >= 15 is 0 Å². The number of ether oxygens (including phenoxy) is 11. The van der Waals surface area contributed by atoms with Crippen LogP contribution in [0, 0.1) is 17.8 Å². The summed E-state index contributed by atoms with van der Waals surface area (Å²) in [7, 11) is 8.64. The second-order valence-electron chi connectivity index (χ2n) is 22.9. The van der Waals surface area contributed by atoms with E-state index in [0.29, 0.717) is 24.0 Å². The first-order chi connectivity index (χ1) is 37.1. The first kappa shape index (κ1) is 63.4. The maximum atomic E-state index is 14.9. The average molecular weight is 1120 g/mol. The van der Waals surface area contributed by atoms with E-state index in [0.717, 1.165) is 6.20 Å². The van der Waals surface area contributed by atoms with E-state index in [4.69, 9.17) is 56.9 Å². The summed E-state index contributed by atoms with van der Waals surface area (Å²) in [6, 6.07) is 4.33. The Kier molecular flexibility index (Phi) is 21.2. The molecular formula is C57H87N3O19. The highest BCUT2D eigenvalue weighted by Gasteiger charge is 2.58. The second-order valence-corrected chi connectivity index (χ2v) is 22.9. The number of carboxylic acids is 1. The molecule has 0 bridgehead atoms. The number of rotatable bonds is 17. The molecule has 4 saturated heterocycles. The quantitative estimate of drug-likeness (QED) is 0.113. The number of hydrogen-bond acceptors (Lipinski definition) is 20. The molecule has 2 aromatic rings. The van der Waals surface area contributed by atoms with Crippen LogP contribution in [0.3, 0.4) is 0 Å². The molecule has 444 valence electrons. The number of carbonyl (C=O) groups excluding carboxylic acids is 3. The first-order valence-electron chi connectivity index (χ1n) is 27.5. The Morgan fingerprint density at radius 3 is 2.28 bits per heavy atom. The van der Waals surface area contributed by atoms with E-state index in [9.17, 15) is 34.2 Å². The molecule has 0 unspecified atom stereocenters. The van der Waals surface area contributed by atoms with Crippen molar-refractivity contribution in [3.63, 3.8) is 0 Å². The molecule has 4 fully saturated rings. The predicted molar refractivity (Wildman–Crippen MR) is 288 cm³/mol. The number of cyclic esters (lactones) is 1. The molecule has 0 saturated carbocycles. The van der Waals surface area contributed by atoms with E-state index in [1.165, 1.54) is 18.8 Å². The molecule has 6 rings (SSSR count). The molecule has 5 heterocycles. The van der Waals surface area contributed by atoms with Crippen LogP contribution in [-0.2, 0) is 61.7 Å². The van der Waals surface area contributed by atoms with Gasteiger partial charge in [0, 0.05) is 39.0 Å². The van der Waals surface area contributed by atoms with Gasteiger partial charge in [-0.15, -0.1) is 0 Å². The Bertz CT molecular complexity index is 2520. The molecular weight excluding hydrogens is 1030 g/mol.